The standard InChI is InChI=1S/C4H8O2.C3H7NO2.C3H9N.C2H5NO2.C2H5NO.C2H4O2/c1-2-3-4(5)6;1-2(4)3(5)6;1-4(2)3;3-2(5)1-4;2*1-2(3)4/h2-3H2,1H3,(H,5,6);2H,4H2,1H3,(H,5,6);1-3H3;4H,1H2,(H2,3,5);1H3,(H2,3,4);1H3,(H,3,4). The molecule has 10 N–H and O–H groups in total. The Balaban J connectivity index is -0.0000000553. The van der Waals surface area contributed by atoms with Crippen LogP contribution in [0, 0.1) is 0 Å². The van der Waals surface area contributed by atoms with Crippen molar-refractivity contribution in [1.29, 1.82) is 0 Å². The van der Waals surface area contributed by atoms with Gasteiger partial charge in [0.1, 0.15) is 12.6 Å². The number of carboxylic acids is 3. The van der Waals surface area contributed by atoms with E-state index in [-0.39, 0.29) is 5.91 Å². The van der Waals surface area contributed by atoms with Crippen molar-refractivity contribution < 1.29 is 44.4 Å². The summed E-state index contributed by atoms with van der Waals surface area (Å²) in [5.41, 5.74) is 13.7. The number of carbonyl (C=O) groups excluding carboxylic acids is 2. The normalized spacial score (nSPS) is 8.76. The minimum Gasteiger partial charge on any atom is -0.481 e. The molecule has 0 aliphatic heterocycles. The van der Waals surface area contributed by atoms with Gasteiger partial charge in [-0.15, -0.1) is 0 Å². The molecule has 0 saturated heterocycles. The summed E-state index contributed by atoms with van der Waals surface area (Å²) in [7, 11) is 6.00. The van der Waals surface area contributed by atoms with E-state index in [0.29, 0.717) is 6.42 Å². The first-order valence-corrected chi connectivity index (χ1v) is 8.04. The van der Waals surface area contributed by atoms with Crippen LogP contribution in [0.3, 0.4) is 0 Å². The van der Waals surface area contributed by atoms with Crippen molar-refractivity contribution in [3.8, 4) is 0 Å². The molecule has 1 unspecified atom stereocenters. The summed E-state index contributed by atoms with van der Waals surface area (Å²) in [4.78, 5) is 48.7. The van der Waals surface area contributed by atoms with Gasteiger partial charge in [-0.1, -0.05) is 6.92 Å². The van der Waals surface area contributed by atoms with Gasteiger partial charge in [-0.2, -0.15) is 0 Å². The molecule has 176 valence electrons. The summed E-state index contributed by atoms with van der Waals surface area (Å²) in [6.07, 6.45) is 1.02. The summed E-state index contributed by atoms with van der Waals surface area (Å²) in [5, 5.41) is 30.9. The number of rotatable bonds is 4. The van der Waals surface area contributed by atoms with Crippen molar-refractivity contribution in [2.24, 2.45) is 17.2 Å². The fraction of sp³-hybridized carbons (Fsp3) is 0.688. The van der Waals surface area contributed by atoms with Crippen LogP contribution in [-0.2, 0) is 24.0 Å². The van der Waals surface area contributed by atoms with Crippen LogP contribution >= 0.6 is 0 Å². The number of aliphatic carboxylic acids is 3. The fourth-order valence-electron chi connectivity index (χ4n) is 0.214. The Labute approximate surface area is 171 Å². The van der Waals surface area contributed by atoms with Gasteiger partial charge in [0.15, 0.2) is 0 Å². The van der Waals surface area contributed by atoms with Crippen LogP contribution in [0.2, 0.25) is 0 Å². The summed E-state index contributed by atoms with van der Waals surface area (Å²) >= 11 is 0. The van der Waals surface area contributed by atoms with Crippen LogP contribution in [0.25, 0.3) is 0 Å². The van der Waals surface area contributed by atoms with E-state index in [2.05, 4.69) is 11.5 Å². The summed E-state index contributed by atoms with van der Waals surface area (Å²) in [5.74, 6) is -3.53. The number of nitrogens with zero attached hydrogens (tertiary/aromatic N) is 1. The second-order valence-corrected chi connectivity index (χ2v) is 5.37. The minimum absolute atomic E-state index is 0.292. The Morgan fingerprint density at radius 3 is 1.10 bits per heavy atom. The Bertz CT molecular complexity index is 406. The molecule has 1 atom stereocenters. The van der Waals surface area contributed by atoms with Gasteiger partial charge in [-0.05, 0) is 34.5 Å². The maximum absolute atomic E-state index is 9.60. The summed E-state index contributed by atoms with van der Waals surface area (Å²) < 4.78 is 0. The fourth-order valence-corrected chi connectivity index (χ4v) is 0.214. The second kappa shape index (κ2) is 32.9. The van der Waals surface area contributed by atoms with E-state index in [1.807, 2.05) is 33.0 Å². The van der Waals surface area contributed by atoms with Gasteiger partial charge in [-0.25, -0.2) is 0 Å². The SMILES string of the molecule is CC(=O)O.CC(N)=O.CC(N)C(=O)O.CCCC(=O)O.CN(C)C.NC(=O)CO. The zero-order chi connectivity index (χ0) is 25.2. The van der Waals surface area contributed by atoms with Gasteiger partial charge in [-0.3, -0.25) is 24.0 Å². The summed E-state index contributed by atoms with van der Waals surface area (Å²) in [6.45, 7) is 5.09. The number of carboxylic acid groups (broad SMARTS) is 3. The van der Waals surface area contributed by atoms with Gasteiger partial charge in [0.25, 0.3) is 5.97 Å². The number of aliphatic hydroxyl groups excluding tert-OH is 1. The van der Waals surface area contributed by atoms with Crippen molar-refractivity contribution in [2.45, 2.75) is 46.6 Å². The molecule has 0 aromatic carbocycles. The minimum atomic E-state index is -0.963. The van der Waals surface area contributed by atoms with Gasteiger partial charge in [0.2, 0.25) is 11.8 Å². The highest BCUT2D eigenvalue weighted by atomic mass is 16.4. The predicted octanol–water partition coefficient (Wildman–Crippen LogP) is -1.49. The third kappa shape index (κ3) is 351. The smallest absolute Gasteiger partial charge is 0.320 e. The number of carbonyl (C=O) groups is 5. The van der Waals surface area contributed by atoms with Crippen LogP contribution in [0.15, 0.2) is 0 Å². The average Bonchev–Trinajstić information content (AvgIpc) is 2.46. The molecule has 0 radical (unpaired) electrons. The molecule has 13 nitrogen and oxygen atoms in total. The molecule has 0 aromatic rings. The lowest BCUT2D eigenvalue weighted by molar-refractivity contribution is -0.138. The topological polar surface area (TPSA) is 248 Å². The first-order valence-electron chi connectivity index (χ1n) is 8.04. The molecule has 0 aromatic heterocycles. The molecule has 0 aliphatic rings. The zero-order valence-corrected chi connectivity index (χ0v) is 18.2. The van der Waals surface area contributed by atoms with Crippen LogP contribution in [0.1, 0.15) is 40.5 Å². The van der Waals surface area contributed by atoms with Gasteiger partial charge >= 0.3 is 11.9 Å². The lowest BCUT2D eigenvalue weighted by Crippen LogP contribution is -2.25. The Hall–Kier alpha value is -2.77. The number of hydrogen-bond donors (Lipinski definition) is 7. The van der Waals surface area contributed by atoms with E-state index in [9.17, 15) is 19.2 Å². The number of primary amides is 2. The third-order valence-corrected chi connectivity index (χ3v) is 1.01. The monoisotopic (exact) mass is 430 g/mol. The molecule has 13 heteroatoms. The zero-order valence-electron chi connectivity index (χ0n) is 18.2. The van der Waals surface area contributed by atoms with Crippen LogP contribution in [0.5, 0.6) is 0 Å². The first-order chi connectivity index (χ1) is 12.9. The maximum atomic E-state index is 9.60. The molecule has 0 spiro atoms. The molecule has 0 heterocycles. The highest BCUT2D eigenvalue weighted by Crippen LogP contribution is 1.82. The van der Waals surface area contributed by atoms with Gasteiger partial charge in [0, 0.05) is 20.3 Å². The third-order valence-electron chi connectivity index (χ3n) is 1.01. The predicted molar refractivity (Wildman–Crippen MR) is 108 cm³/mol. The molecule has 0 aliphatic carbocycles. The number of amides is 2. The van der Waals surface area contributed by atoms with Crippen molar-refractivity contribution in [3.63, 3.8) is 0 Å². The average molecular weight is 430 g/mol. The van der Waals surface area contributed by atoms with Crippen molar-refractivity contribution in [2.75, 3.05) is 27.7 Å². The van der Waals surface area contributed by atoms with Crippen molar-refractivity contribution >= 4 is 29.7 Å². The quantitative estimate of drug-likeness (QED) is 0.270. The molecule has 29 heavy (non-hydrogen) atoms. The van der Waals surface area contributed by atoms with Crippen LogP contribution < -0.4 is 17.2 Å². The molecular weight excluding hydrogens is 392 g/mol. The number of nitrogens with two attached hydrogens (primary N) is 3. The largest absolute Gasteiger partial charge is 0.481 e. The highest BCUT2D eigenvalue weighted by Gasteiger charge is 1.99. The van der Waals surface area contributed by atoms with Crippen LogP contribution in [0.4, 0.5) is 0 Å². The van der Waals surface area contributed by atoms with Crippen molar-refractivity contribution in [3.05, 3.63) is 0 Å². The Morgan fingerprint density at radius 2 is 1.10 bits per heavy atom. The molecule has 0 fully saturated rings. The van der Waals surface area contributed by atoms with E-state index in [0.717, 1.165) is 13.3 Å². The van der Waals surface area contributed by atoms with Crippen LogP contribution in [-0.4, -0.2) is 88.8 Å². The Kier molecular flexibility index (Phi) is 46.2. The van der Waals surface area contributed by atoms with Gasteiger partial charge in [0.05, 0.1) is 0 Å². The molecular formula is C16H38N4O9. The van der Waals surface area contributed by atoms with E-state index in [1.165, 1.54) is 13.8 Å². The van der Waals surface area contributed by atoms with Gasteiger partial charge < -0.3 is 42.5 Å². The van der Waals surface area contributed by atoms with E-state index >= 15 is 0 Å². The molecule has 0 rings (SSSR count). The Morgan fingerprint density at radius 1 is 0.931 bits per heavy atom. The highest BCUT2D eigenvalue weighted by molar-refractivity contribution is 5.74. The molecule has 2 amide bonds. The van der Waals surface area contributed by atoms with Crippen molar-refractivity contribution in [1.82, 2.24) is 4.90 Å². The first kappa shape index (κ1) is 40.8. The lowest BCUT2D eigenvalue weighted by atomic mass is 10.4. The lowest BCUT2D eigenvalue weighted by Gasteiger charge is -1.90. The number of hydrogen-bond acceptors (Lipinski definition) is 8. The number of aliphatic hydroxyl groups is 1. The maximum Gasteiger partial charge on any atom is 0.320 e. The molecule has 0 bridgehead atoms. The van der Waals surface area contributed by atoms with E-state index < -0.39 is 36.5 Å². The van der Waals surface area contributed by atoms with E-state index in [1.54, 1.807) is 0 Å². The summed E-state index contributed by atoms with van der Waals surface area (Å²) in [6, 6.07) is -0.731. The molecule has 0 saturated carbocycles. The van der Waals surface area contributed by atoms with E-state index in [4.69, 9.17) is 31.0 Å². The second-order valence-electron chi connectivity index (χ2n) is 5.37.